The van der Waals surface area contributed by atoms with Crippen LogP contribution in [-0.2, 0) is 9.59 Å². The van der Waals surface area contributed by atoms with Crippen molar-refractivity contribution in [1.29, 1.82) is 0 Å². The Hall–Kier alpha value is -0.900. The maximum absolute atomic E-state index is 12.5. The summed E-state index contributed by atoms with van der Waals surface area (Å²) >= 11 is 0. The van der Waals surface area contributed by atoms with Crippen LogP contribution in [-0.4, -0.2) is 34.0 Å². The van der Waals surface area contributed by atoms with Crippen LogP contribution in [0.1, 0.15) is 52.4 Å². The molecule has 0 aromatic heterocycles. The summed E-state index contributed by atoms with van der Waals surface area (Å²) in [7, 11) is 0. The zero-order valence-electron chi connectivity index (χ0n) is 11.3. The van der Waals surface area contributed by atoms with Crippen molar-refractivity contribution in [3.8, 4) is 0 Å². The van der Waals surface area contributed by atoms with Crippen molar-refractivity contribution in [2.75, 3.05) is 6.61 Å². The summed E-state index contributed by atoms with van der Waals surface area (Å²) in [5, 5.41) is 9.66. The number of fused-ring (bicyclic) bond motifs is 1. The molecule has 0 bridgehead atoms. The van der Waals surface area contributed by atoms with Gasteiger partial charge in [-0.3, -0.25) is 14.5 Å². The van der Waals surface area contributed by atoms with E-state index in [4.69, 9.17) is 0 Å². The minimum atomic E-state index is -0.675. The Bertz CT molecular complexity index is 317. The predicted octanol–water partition coefficient (Wildman–Crippen LogP) is 1.71. The van der Waals surface area contributed by atoms with Gasteiger partial charge in [-0.2, -0.15) is 0 Å². The highest BCUT2D eigenvalue weighted by Gasteiger charge is 2.54. The summed E-state index contributed by atoms with van der Waals surface area (Å²) in [4.78, 5) is 26.3. The highest BCUT2D eigenvalue weighted by Crippen LogP contribution is 2.42. The molecule has 2 atom stereocenters. The molecule has 0 radical (unpaired) electrons. The Morgan fingerprint density at radius 2 is 1.56 bits per heavy atom. The van der Waals surface area contributed by atoms with Gasteiger partial charge in [-0.1, -0.05) is 26.7 Å². The normalized spacial score (nSPS) is 28.7. The van der Waals surface area contributed by atoms with Crippen molar-refractivity contribution in [2.45, 2.75) is 57.9 Å². The average Bonchev–Trinajstić information content (AvgIpc) is 2.67. The van der Waals surface area contributed by atoms with Crippen molar-refractivity contribution < 1.29 is 14.7 Å². The molecule has 2 unspecified atom stereocenters. The Kier molecular flexibility index (Phi) is 3.76. The summed E-state index contributed by atoms with van der Waals surface area (Å²) in [6.07, 6.45) is 4.99. The molecule has 2 aliphatic rings. The molecule has 2 amide bonds. The maximum Gasteiger partial charge on any atom is 0.233 e. The van der Waals surface area contributed by atoms with Crippen LogP contribution >= 0.6 is 0 Å². The number of hydrogen-bond donors (Lipinski definition) is 1. The fraction of sp³-hybridized carbons (Fsp3) is 0.857. The largest absolute Gasteiger partial charge is 0.394 e. The molecule has 1 saturated carbocycles. The van der Waals surface area contributed by atoms with Gasteiger partial charge in [-0.15, -0.1) is 0 Å². The smallest absolute Gasteiger partial charge is 0.233 e. The molecular weight excluding hydrogens is 230 g/mol. The van der Waals surface area contributed by atoms with E-state index < -0.39 is 5.54 Å². The monoisotopic (exact) mass is 253 g/mol. The summed E-state index contributed by atoms with van der Waals surface area (Å²) in [5.41, 5.74) is -0.675. The third kappa shape index (κ3) is 1.78. The van der Waals surface area contributed by atoms with E-state index in [1.807, 2.05) is 13.8 Å². The Morgan fingerprint density at radius 3 is 1.89 bits per heavy atom. The molecule has 102 valence electrons. The summed E-state index contributed by atoms with van der Waals surface area (Å²) in [6.45, 7) is 3.74. The molecule has 1 heterocycles. The van der Waals surface area contributed by atoms with Gasteiger partial charge >= 0.3 is 0 Å². The second-order valence-electron chi connectivity index (χ2n) is 5.60. The lowest BCUT2D eigenvalue weighted by molar-refractivity contribution is -0.150. The van der Waals surface area contributed by atoms with Crippen LogP contribution in [0.4, 0.5) is 0 Å². The highest BCUT2D eigenvalue weighted by atomic mass is 16.3. The molecule has 1 aliphatic heterocycles. The number of aliphatic hydroxyl groups is 1. The van der Waals surface area contributed by atoms with Crippen LogP contribution in [0, 0.1) is 11.8 Å². The lowest BCUT2D eigenvalue weighted by atomic mass is 9.81. The van der Waals surface area contributed by atoms with Crippen LogP contribution < -0.4 is 0 Å². The lowest BCUT2D eigenvalue weighted by Gasteiger charge is -2.38. The van der Waals surface area contributed by atoms with E-state index >= 15 is 0 Å². The van der Waals surface area contributed by atoms with E-state index in [0.29, 0.717) is 12.8 Å². The van der Waals surface area contributed by atoms with Crippen molar-refractivity contribution in [3.05, 3.63) is 0 Å². The van der Waals surface area contributed by atoms with Gasteiger partial charge in [0.1, 0.15) is 0 Å². The number of nitrogens with zero attached hydrogens (tertiary/aromatic N) is 1. The first-order valence-corrected chi connectivity index (χ1v) is 7.10. The van der Waals surface area contributed by atoms with E-state index in [2.05, 4.69) is 0 Å². The highest BCUT2D eigenvalue weighted by molar-refractivity contribution is 6.06. The lowest BCUT2D eigenvalue weighted by Crippen LogP contribution is -2.54. The van der Waals surface area contributed by atoms with Crippen molar-refractivity contribution >= 4 is 11.8 Å². The summed E-state index contributed by atoms with van der Waals surface area (Å²) in [6, 6.07) is 0. The molecule has 18 heavy (non-hydrogen) atoms. The molecule has 4 heteroatoms. The van der Waals surface area contributed by atoms with Crippen molar-refractivity contribution in [3.63, 3.8) is 0 Å². The molecule has 4 nitrogen and oxygen atoms in total. The number of hydrogen-bond acceptors (Lipinski definition) is 3. The number of imide groups is 1. The van der Waals surface area contributed by atoms with Crippen molar-refractivity contribution in [1.82, 2.24) is 4.90 Å². The fourth-order valence-electron chi connectivity index (χ4n) is 3.49. The quantitative estimate of drug-likeness (QED) is 0.776. The first-order valence-electron chi connectivity index (χ1n) is 7.10. The van der Waals surface area contributed by atoms with Crippen LogP contribution in [0.5, 0.6) is 0 Å². The average molecular weight is 253 g/mol. The third-order valence-corrected chi connectivity index (χ3v) is 4.93. The standard InChI is InChI=1S/C14H23NO3/c1-3-14(4-2,9-16)15-12(17)10-7-5-6-8-11(10)13(15)18/h10-11,16H,3-9H2,1-2H3. The Labute approximate surface area is 108 Å². The summed E-state index contributed by atoms with van der Waals surface area (Å²) in [5.74, 6) is -0.310. The zero-order chi connectivity index (χ0) is 13.3. The zero-order valence-corrected chi connectivity index (χ0v) is 11.3. The van der Waals surface area contributed by atoms with Gasteiger partial charge in [0.15, 0.2) is 0 Å². The maximum atomic E-state index is 12.5. The van der Waals surface area contributed by atoms with Gasteiger partial charge in [0.25, 0.3) is 0 Å². The van der Waals surface area contributed by atoms with E-state index in [9.17, 15) is 14.7 Å². The molecule has 0 aromatic rings. The molecule has 0 aromatic carbocycles. The van der Waals surface area contributed by atoms with Crippen LogP contribution in [0.25, 0.3) is 0 Å². The van der Waals surface area contributed by atoms with Crippen LogP contribution in [0.15, 0.2) is 0 Å². The molecule has 1 aliphatic carbocycles. The second kappa shape index (κ2) is 5.00. The van der Waals surface area contributed by atoms with E-state index in [1.165, 1.54) is 4.90 Å². The van der Waals surface area contributed by atoms with E-state index in [-0.39, 0.29) is 30.3 Å². The number of carbonyl (C=O) groups excluding carboxylic acids is 2. The van der Waals surface area contributed by atoms with Crippen LogP contribution in [0.2, 0.25) is 0 Å². The molecule has 0 spiro atoms. The first kappa shape index (κ1) is 13.5. The van der Waals surface area contributed by atoms with Gasteiger partial charge < -0.3 is 5.11 Å². The topological polar surface area (TPSA) is 57.6 Å². The third-order valence-electron chi connectivity index (χ3n) is 4.93. The SMILES string of the molecule is CCC(CC)(CO)N1C(=O)C2CCCCC2C1=O. The predicted molar refractivity (Wildman–Crippen MR) is 67.7 cm³/mol. The molecular formula is C14H23NO3. The summed E-state index contributed by atoms with van der Waals surface area (Å²) < 4.78 is 0. The Balaban J connectivity index is 2.33. The van der Waals surface area contributed by atoms with Gasteiger partial charge in [-0.05, 0) is 25.7 Å². The number of carbonyl (C=O) groups is 2. The molecule has 2 fully saturated rings. The number of rotatable bonds is 4. The molecule has 2 rings (SSSR count). The minimum Gasteiger partial charge on any atom is -0.394 e. The van der Waals surface area contributed by atoms with Gasteiger partial charge in [0, 0.05) is 0 Å². The van der Waals surface area contributed by atoms with E-state index in [1.54, 1.807) is 0 Å². The minimum absolute atomic E-state index is 0.0394. The first-order chi connectivity index (χ1) is 8.61. The van der Waals surface area contributed by atoms with Gasteiger partial charge in [0.2, 0.25) is 11.8 Å². The van der Waals surface area contributed by atoms with Crippen molar-refractivity contribution in [2.24, 2.45) is 11.8 Å². The van der Waals surface area contributed by atoms with Crippen LogP contribution in [0.3, 0.4) is 0 Å². The van der Waals surface area contributed by atoms with E-state index in [0.717, 1.165) is 25.7 Å². The molecule has 1 N–H and O–H groups in total. The number of amides is 2. The van der Waals surface area contributed by atoms with Gasteiger partial charge in [-0.25, -0.2) is 0 Å². The second-order valence-corrected chi connectivity index (χ2v) is 5.60. The van der Waals surface area contributed by atoms with Gasteiger partial charge in [0.05, 0.1) is 24.0 Å². The number of likely N-dealkylation sites (tertiary alicyclic amines) is 1. The molecule has 1 saturated heterocycles. The Morgan fingerprint density at radius 1 is 1.11 bits per heavy atom. The number of aliphatic hydroxyl groups excluding tert-OH is 1. The fourth-order valence-corrected chi connectivity index (χ4v) is 3.49.